The Kier molecular flexibility index (Phi) is 5.84. The van der Waals surface area contributed by atoms with E-state index in [0.717, 1.165) is 10.0 Å². The Labute approximate surface area is 150 Å². The summed E-state index contributed by atoms with van der Waals surface area (Å²) in [4.78, 5) is 12.4. The van der Waals surface area contributed by atoms with Gasteiger partial charge in [0.2, 0.25) is 10.0 Å². The van der Waals surface area contributed by atoms with E-state index >= 15 is 0 Å². The molecule has 130 valence electrons. The molecular formula is C16H20BrN3O3S. The fourth-order valence-corrected chi connectivity index (χ4v) is 3.26. The molecule has 0 saturated heterocycles. The third-order valence-electron chi connectivity index (χ3n) is 3.56. The normalized spacial score (nSPS) is 11.7. The third kappa shape index (κ3) is 4.68. The molecule has 24 heavy (non-hydrogen) atoms. The topological polar surface area (TPSA) is 94.2 Å². The van der Waals surface area contributed by atoms with Crippen LogP contribution < -0.4 is 10.5 Å². The molecule has 1 amide bonds. The maximum Gasteiger partial charge on any atom is 0.267 e. The van der Waals surface area contributed by atoms with E-state index in [0.29, 0.717) is 18.7 Å². The van der Waals surface area contributed by atoms with Gasteiger partial charge in [-0.1, -0.05) is 12.1 Å². The molecule has 3 N–H and O–H groups in total. The number of nitrogens with one attached hydrogen (secondary N) is 1. The van der Waals surface area contributed by atoms with Crippen molar-refractivity contribution in [2.45, 2.75) is 31.2 Å². The minimum atomic E-state index is -3.68. The molecule has 0 aliphatic heterocycles. The molecule has 6 nitrogen and oxygen atoms in total. The molecule has 0 aliphatic rings. The van der Waals surface area contributed by atoms with Crippen molar-refractivity contribution in [3.05, 3.63) is 52.3 Å². The lowest BCUT2D eigenvalue weighted by atomic mass is 10.1. The van der Waals surface area contributed by atoms with Gasteiger partial charge in [0.15, 0.2) is 0 Å². The average molecular weight is 414 g/mol. The van der Waals surface area contributed by atoms with Gasteiger partial charge in [0.05, 0.1) is 4.90 Å². The van der Waals surface area contributed by atoms with Gasteiger partial charge in [-0.25, -0.2) is 13.6 Å². The summed E-state index contributed by atoms with van der Waals surface area (Å²) in [6.07, 6.45) is 2.48. The number of nitrogens with zero attached hydrogens (tertiary/aromatic N) is 1. The number of carbonyl (C=O) groups excluding carboxylic acids is 1. The third-order valence-corrected chi connectivity index (χ3v) is 4.92. The summed E-state index contributed by atoms with van der Waals surface area (Å²) in [5, 5.41) is 7.94. The number of amides is 1. The second-order valence-corrected chi connectivity index (χ2v) is 8.22. The summed E-state index contributed by atoms with van der Waals surface area (Å²) in [6.45, 7) is 4.47. The van der Waals surface area contributed by atoms with Gasteiger partial charge in [0.1, 0.15) is 5.69 Å². The Bertz CT molecular complexity index is 827. The molecule has 0 radical (unpaired) electrons. The summed E-state index contributed by atoms with van der Waals surface area (Å²) in [5.74, 6) is -0.143. The SMILES string of the molecule is CC(C)n1cc(Br)cc1C(=O)NCCc1ccc(S(N)(=O)=O)cc1. The van der Waals surface area contributed by atoms with Crippen LogP contribution in [0.3, 0.4) is 0 Å². The molecule has 2 rings (SSSR count). The zero-order valence-electron chi connectivity index (χ0n) is 13.5. The Morgan fingerprint density at radius 1 is 1.29 bits per heavy atom. The van der Waals surface area contributed by atoms with Crippen molar-refractivity contribution in [3.8, 4) is 0 Å². The van der Waals surface area contributed by atoms with E-state index in [1.54, 1.807) is 18.2 Å². The molecule has 1 aromatic heterocycles. The van der Waals surface area contributed by atoms with Crippen LogP contribution in [0.1, 0.15) is 35.9 Å². The Morgan fingerprint density at radius 2 is 1.92 bits per heavy atom. The van der Waals surface area contributed by atoms with Crippen molar-refractivity contribution in [2.24, 2.45) is 5.14 Å². The fraction of sp³-hybridized carbons (Fsp3) is 0.312. The first-order valence-electron chi connectivity index (χ1n) is 7.46. The number of hydrogen-bond donors (Lipinski definition) is 2. The minimum absolute atomic E-state index is 0.0786. The number of hydrogen-bond acceptors (Lipinski definition) is 3. The van der Waals surface area contributed by atoms with Crippen molar-refractivity contribution >= 4 is 31.9 Å². The summed E-state index contributed by atoms with van der Waals surface area (Å²) < 4.78 is 25.2. The summed E-state index contributed by atoms with van der Waals surface area (Å²) in [7, 11) is -3.68. The van der Waals surface area contributed by atoms with Crippen molar-refractivity contribution in [2.75, 3.05) is 6.54 Å². The zero-order valence-corrected chi connectivity index (χ0v) is 15.9. The lowest BCUT2D eigenvalue weighted by Crippen LogP contribution is -2.28. The van der Waals surface area contributed by atoms with Gasteiger partial charge >= 0.3 is 0 Å². The number of carbonyl (C=O) groups is 1. The van der Waals surface area contributed by atoms with Crippen LogP contribution >= 0.6 is 15.9 Å². The van der Waals surface area contributed by atoms with Crippen molar-refractivity contribution in [1.82, 2.24) is 9.88 Å². The molecule has 8 heteroatoms. The Balaban J connectivity index is 1.96. The Morgan fingerprint density at radius 3 is 2.46 bits per heavy atom. The van der Waals surface area contributed by atoms with E-state index in [4.69, 9.17) is 5.14 Å². The van der Waals surface area contributed by atoms with Crippen LogP contribution in [-0.2, 0) is 16.4 Å². The highest BCUT2D eigenvalue weighted by molar-refractivity contribution is 9.10. The molecule has 0 bridgehead atoms. The van der Waals surface area contributed by atoms with E-state index < -0.39 is 10.0 Å². The first-order valence-corrected chi connectivity index (χ1v) is 9.79. The van der Waals surface area contributed by atoms with Crippen molar-refractivity contribution < 1.29 is 13.2 Å². The van der Waals surface area contributed by atoms with Gasteiger partial charge in [-0.2, -0.15) is 0 Å². The smallest absolute Gasteiger partial charge is 0.267 e. The number of rotatable bonds is 6. The maximum atomic E-state index is 12.3. The number of nitrogens with two attached hydrogens (primary N) is 1. The second-order valence-electron chi connectivity index (χ2n) is 5.74. The summed E-state index contributed by atoms with van der Waals surface area (Å²) in [6, 6.07) is 8.29. The standard InChI is InChI=1S/C16H20BrN3O3S/c1-11(2)20-10-13(17)9-15(20)16(21)19-8-7-12-3-5-14(6-4-12)24(18,22)23/h3-6,9-11H,7-8H2,1-2H3,(H,19,21)(H2,18,22,23). The maximum absolute atomic E-state index is 12.3. The summed E-state index contributed by atoms with van der Waals surface area (Å²) >= 11 is 3.39. The number of halogens is 1. The van der Waals surface area contributed by atoms with E-state index in [2.05, 4.69) is 21.2 Å². The molecule has 0 atom stereocenters. The van der Waals surface area contributed by atoms with Gasteiger partial charge < -0.3 is 9.88 Å². The van der Waals surface area contributed by atoms with Crippen LogP contribution in [0.5, 0.6) is 0 Å². The van der Waals surface area contributed by atoms with Gasteiger partial charge in [-0.05, 0) is 60.0 Å². The molecule has 0 fully saturated rings. The lowest BCUT2D eigenvalue weighted by molar-refractivity contribution is 0.0943. The van der Waals surface area contributed by atoms with Crippen LogP contribution in [0.25, 0.3) is 0 Å². The number of sulfonamides is 1. The van der Waals surface area contributed by atoms with Gasteiger partial charge in [0.25, 0.3) is 5.91 Å². The second kappa shape index (κ2) is 7.50. The predicted molar refractivity (Wildman–Crippen MR) is 96.4 cm³/mol. The van der Waals surface area contributed by atoms with Crippen LogP contribution in [0, 0.1) is 0 Å². The highest BCUT2D eigenvalue weighted by atomic mass is 79.9. The molecule has 0 aliphatic carbocycles. The van der Waals surface area contributed by atoms with Gasteiger partial charge in [-0.15, -0.1) is 0 Å². The van der Waals surface area contributed by atoms with Gasteiger partial charge in [-0.3, -0.25) is 4.79 Å². The highest BCUT2D eigenvalue weighted by Crippen LogP contribution is 2.19. The van der Waals surface area contributed by atoms with Crippen LogP contribution in [0.4, 0.5) is 0 Å². The molecule has 0 saturated carbocycles. The molecule has 1 aromatic carbocycles. The van der Waals surface area contributed by atoms with E-state index in [9.17, 15) is 13.2 Å². The van der Waals surface area contributed by atoms with Crippen molar-refractivity contribution in [1.29, 1.82) is 0 Å². The number of aromatic nitrogens is 1. The quantitative estimate of drug-likeness (QED) is 0.760. The molecule has 0 spiro atoms. The predicted octanol–water partition coefficient (Wildman–Crippen LogP) is 2.45. The molecule has 2 aromatic rings. The summed E-state index contributed by atoms with van der Waals surface area (Å²) in [5.41, 5.74) is 1.52. The largest absolute Gasteiger partial charge is 0.350 e. The molecule has 0 unspecified atom stereocenters. The number of benzene rings is 1. The number of primary sulfonamides is 1. The van der Waals surface area contributed by atoms with E-state index in [-0.39, 0.29) is 16.8 Å². The zero-order chi connectivity index (χ0) is 17.9. The monoisotopic (exact) mass is 413 g/mol. The first-order chi connectivity index (χ1) is 11.2. The van der Waals surface area contributed by atoms with E-state index in [1.165, 1.54) is 12.1 Å². The van der Waals surface area contributed by atoms with Crippen LogP contribution in [-0.4, -0.2) is 25.4 Å². The molecule has 1 heterocycles. The first kappa shape index (κ1) is 18.7. The highest BCUT2D eigenvalue weighted by Gasteiger charge is 2.14. The fourth-order valence-electron chi connectivity index (χ4n) is 2.31. The van der Waals surface area contributed by atoms with Crippen LogP contribution in [0.15, 0.2) is 45.9 Å². The Hall–Kier alpha value is -1.64. The van der Waals surface area contributed by atoms with E-state index in [1.807, 2.05) is 24.6 Å². The average Bonchev–Trinajstić information content (AvgIpc) is 2.89. The van der Waals surface area contributed by atoms with Crippen molar-refractivity contribution in [3.63, 3.8) is 0 Å². The van der Waals surface area contributed by atoms with Gasteiger partial charge in [0, 0.05) is 23.3 Å². The lowest BCUT2D eigenvalue weighted by Gasteiger charge is -2.12. The minimum Gasteiger partial charge on any atom is -0.350 e. The van der Waals surface area contributed by atoms with Crippen LogP contribution in [0.2, 0.25) is 0 Å². The molecular weight excluding hydrogens is 394 g/mol.